The normalized spacial score (nSPS) is 14.9. The molecule has 0 bridgehead atoms. The van der Waals surface area contributed by atoms with Crippen molar-refractivity contribution in [2.75, 3.05) is 13.7 Å². The van der Waals surface area contributed by atoms with Gasteiger partial charge in [-0.05, 0) is 55.7 Å². The van der Waals surface area contributed by atoms with Gasteiger partial charge in [-0.25, -0.2) is 9.79 Å². The van der Waals surface area contributed by atoms with E-state index >= 15 is 0 Å². The number of halogens is 1. The Labute approximate surface area is 250 Å². The van der Waals surface area contributed by atoms with E-state index in [-0.39, 0.29) is 12.2 Å². The topological polar surface area (TPSA) is 79.1 Å². The maximum absolute atomic E-state index is 13.9. The predicted octanol–water partition coefficient (Wildman–Crippen LogP) is 5.46. The molecule has 7 nitrogen and oxygen atoms in total. The van der Waals surface area contributed by atoms with E-state index in [9.17, 15) is 9.59 Å². The summed E-state index contributed by atoms with van der Waals surface area (Å²) in [5, 5.41) is 0. The molecule has 0 aliphatic carbocycles. The van der Waals surface area contributed by atoms with Crippen LogP contribution in [-0.4, -0.2) is 24.3 Å². The number of hydrogen-bond acceptors (Lipinski definition) is 7. The summed E-state index contributed by atoms with van der Waals surface area (Å²) in [4.78, 5) is 32.2. The second-order valence-corrected chi connectivity index (χ2v) is 11.4. The van der Waals surface area contributed by atoms with Crippen LogP contribution in [0.4, 0.5) is 0 Å². The number of hydrogen-bond donors (Lipinski definition) is 0. The number of rotatable bonds is 8. The molecule has 41 heavy (non-hydrogen) atoms. The van der Waals surface area contributed by atoms with Gasteiger partial charge >= 0.3 is 5.97 Å². The molecule has 0 N–H and O–H groups in total. The standard InChI is InChI=1S/C32H29BrN2O5S/c1-5-39-31(37)28-20(3)34-32-35(29(28)22-13-11-19(2)12-14-22)30(36)27(41-32)16-23-15-25(38-4)26(17-24(23)33)40-18-21-9-7-6-8-10-21/h6-17,29H,5,18H2,1-4H3/b27-16+/t29-/m1/s1. The van der Waals surface area contributed by atoms with Crippen molar-refractivity contribution < 1.29 is 19.0 Å². The van der Waals surface area contributed by atoms with Crippen LogP contribution in [0.3, 0.4) is 0 Å². The van der Waals surface area contributed by atoms with Crippen LogP contribution in [0, 0.1) is 6.92 Å². The number of aryl methyl sites for hydroxylation is 1. The van der Waals surface area contributed by atoms with E-state index in [0.717, 1.165) is 26.7 Å². The Morgan fingerprint density at radius 2 is 1.80 bits per heavy atom. The first-order chi connectivity index (χ1) is 19.8. The molecule has 4 aromatic rings. The SMILES string of the molecule is CCOC(=O)C1=C(C)N=c2s/c(=C/c3cc(OC)c(OCc4ccccc4)cc3Br)c(=O)n2[C@@H]1c1ccc(C)cc1. The van der Waals surface area contributed by atoms with Gasteiger partial charge in [0.25, 0.3) is 5.56 Å². The number of aromatic nitrogens is 1. The molecule has 0 fully saturated rings. The van der Waals surface area contributed by atoms with Crippen molar-refractivity contribution >= 4 is 39.3 Å². The quantitative estimate of drug-likeness (QED) is 0.241. The highest BCUT2D eigenvalue weighted by Gasteiger charge is 2.33. The van der Waals surface area contributed by atoms with Gasteiger partial charge < -0.3 is 14.2 Å². The maximum Gasteiger partial charge on any atom is 0.338 e. The number of carbonyl (C=O) groups excluding carboxylic acids is 1. The highest BCUT2D eigenvalue weighted by Crippen LogP contribution is 2.35. The lowest BCUT2D eigenvalue weighted by molar-refractivity contribution is -0.139. The fourth-order valence-corrected chi connectivity index (χ4v) is 6.14. The molecule has 0 unspecified atom stereocenters. The highest BCUT2D eigenvalue weighted by molar-refractivity contribution is 9.10. The van der Waals surface area contributed by atoms with E-state index < -0.39 is 12.0 Å². The van der Waals surface area contributed by atoms with Crippen molar-refractivity contribution in [3.8, 4) is 11.5 Å². The van der Waals surface area contributed by atoms with Crippen LogP contribution in [-0.2, 0) is 16.1 Å². The molecule has 3 aromatic carbocycles. The van der Waals surface area contributed by atoms with Gasteiger partial charge in [0.2, 0.25) is 0 Å². The lowest BCUT2D eigenvalue weighted by Gasteiger charge is -2.24. The molecule has 0 saturated carbocycles. The minimum Gasteiger partial charge on any atom is -0.493 e. The second kappa shape index (κ2) is 12.3. The minimum atomic E-state index is -0.653. The zero-order valence-electron chi connectivity index (χ0n) is 23.1. The number of carbonyl (C=O) groups is 1. The van der Waals surface area contributed by atoms with E-state index in [1.807, 2.05) is 73.7 Å². The molecule has 2 heterocycles. The van der Waals surface area contributed by atoms with Crippen LogP contribution in [0.2, 0.25) is 0 Å². The molecule has 1 aliphatic heterocycles. The summed E-state index contributed by atoms with van der Waals surface area (Å²) in [6, 6.07) is 20.7. The van der Waals surface area contributed by atoms with Crippen molar-refractivity contribution in [2.45, 2.75) is 33.4 Å². The molecular weight excluding hydrogens is 604 g/mol. The molecule has 0 amide bonds. The van der Waals surface area contributed by atoms with E-state index in [1.165, 1.54) is 11.3 Å². The third-order valence-corrected chi connectivity index (χ3v) is 8.39. The minimum absolute atomic E-state index is 0.224. The molecule has 1 aromatic heterocycles. The van der Waals surface area contributed by atoms with E-state index in [1.54, 1.807) is 31.6 Å². The van der Waals surface area contributed by atoms with E-state index in [0.29, 0.717) is 38.7 Å². The van der Waals surface area contributed by atoms with Gasteiger partial charge in [0.1, 0.15) is 6.61 Å². The van der Waals surface area contributed by atoms with Gasteiger partial charge in [0.05, 0.1) is 35.6 Å². The van der Waals surface area contributed by atoms with Crippen LogP contribution < -0.4 is 24.4 Å². The number of ether oxygens (including phenoxy) is 3. The molecule has 210 valence electrons. The molecule has 0 spiro atoms. The number of thiazole rings is 1. The molecule has 5 rings (SSSR count). The van der Waals surface area contributed by atoms with Gasteiger partial charge in [-0.15, -0.1) is 0 Å². The fraction of sp³-hybridized carbons (Fsp3) is 0.219. The third-order valence-electron chi connectivity index (χ3n) is 6.72. The van der Waals surface area contributed by atoms with E-state index in [4.69, 9.17) is 14.2 Å². The summed E-state index contributed by atoms with van der Waals surface area (Å²) in [6.07, 6.45) is 1.80. The van der Waals surface area contributed by atoms with Crippen LogP contribution >= 0.6 is 27.3 Å². The molecule has 9 heteroatoms. The largest absolute Gasteiger partial charge is 0.493 e. The second-order valence-electron chi connectivity index (χ2n) is 9.51. The fourth-order valence-electron chi connectivity index (χ4n) is 4.67. The van der Waals surface area contributed by atoms with E-state index in [2.05, 4.69) is 20.9 Å². The van der Waals surface area contributed by atoms with Crippen LogP contribution in [0.5, 0.6) is 11.5 Å². The van der Waals surface area contributed by atoms with Gasteiger partial charge in [0, 0.05) is 4.47 Å². The maximum atomic E-state index is 13.9. The molecule has 0 saturated heterocycles. The number of fused-ring (bicyclic) bond motifs is 1. The Balaban J connectivity index is 1.59. The Bertz CT molecular complexity index is 1810. The Hall–Kier alpha value is -3.95. The first-order valence-corrected chi connectivity index (χ1v) is 14.7. The zero-order valence-corrected chi connectivity index (χ0v) is 25.5. The number of methoxy groups -OCH3 is 1. The molecule has 1 atom stereocenters. The van der Waals surface area contributed by atoms with Crippen molar-refractivity contribution in [3.63, 3.8) is 0 Å². The smallest absolute Gasteiger partial charge is 0.338 e. The summed E-state index contributed by atoms with van der Waals surface area (Å²) >= 11 is 4.91. The molecule has 1 aliphatic rings. The summed E-state index contributed by atoms with van der Waals surface area (Å²) < 4.78 is 19.8. The summed E-state index contributed by atoms with van der Waals surface area (Å²) in [7, 11) is 1.58. The summed E-state index contributed by atoms with van der Waals surface area (Å²) in [5.74, 6) is 0.643. The number of nitrogens with zero attached hydrogens (tertiary/aromatic N) is 2. The average molecular weight is 634 g/mol. The zero-order chi connectivity index (χ0) is 29.1. The monoisotopic (exact) mass is 632 g/mol. The van der Waals surface area contributed by atoms with Crippen LogP contribution in [0.15, 0.2) is 92.3 Å². The molecular formula is C32H29BrN2O5S. The summed E-state index contributed by atoms with van der Waals surface area (Å²) in [6.45, 7) is 6.14. The van der Waals surface area contributed by atoms with Crippen molar-refractivity contribution in [2.24, 2.45) is 4.99 Å². The number of esters is 1. The van der Waals surface area contributed by atoms with Crippen LogP contribution in [0.25, 0.3) is 6.08 Å². The van der Waals surface area contributed by atoms with Crippen LogP contribution in [0.1, 0.15) is 42.1 Å². The first kappa shape index (κ1) is 28.6. The Morgan fingerprint density at radius 3 is 2.49 bits per heavy atom. The average Bonchev–Trinajstić information content (AvgIpc) is 3.27. The van der Waals surface area contributed by atoms with Gasteiger partial charge in [-0.2, -0.15) is 0 Å². The number of benzene rings is 3. The number of allylic oxidation sites excluding steroid dienone is 1. The highest BCUT2D eigenvalue weighted by atomic mass is 79.9. The molecule has 0 radical (unpaired) electrons. The first-order valence-electron chi connectivity index (χ1n) is 13.1. The van der Waals surface area contributed by atoms with Gasteiger partial charge in [-0.1, -0.05) is 87.4 Å². The van der Waals surface area contributed by atoms with Crippen molar-refractivity contribution in [1.29, 1.82) is 0 Å². The summed E-state index contributed by atoms with van der Waals surface area (Å²) in [5.41, 5.74) is 4.31. The lowest BCUT2D eigenvalue weighted by Crippen LogP contribution is -2.39. The van der Waals surface area contributed by atoms with Crippen molar-refractivity contribution in [3.05, 3.63) is 124 Å². The third kappa shape index (κ3) is 5.92. The van der Waals surface area contributed by atoms with Gasteiger partial charge in [-0.3, -0.25) is 9.36 Å². The Morgan fingerprint density at radius 1 is 1.07 bits per heavy atom. The Kier molecular flexibility index (Phi) is 8.56. The van der Waals surface area contributed by atoms with Gasteiger partial charge in [0.15, 0.2) is 16.3 Å². The predicted molar refractivity (Wildman–Crippen MR) is 163 cm³/mol. The lowest BCUT2D eigenvalue weighted by atomic mass is 9.95. The van der Waals surface area contributed by atoms with Crippen molar-refractivity contribution in [1.82, 2.24) is 4.57 Å².